The molecule has 0 spiro atoms. The quantitative estimate of drug-likeness (QED) is 0.180. The number of hydrogen-bond acceptors (Lipinski definition) is 2. The van der Waals surface area contributed by atoms with E-state index < -0.39 is 0 Å². The van der Waals surface area contributed by atoms with Crippen molar-refractivity contribution < 1.29 is 0 Å². The highest BCUT2D eigenvalue weighted by atomic mass is 15.2. The van der Waals surface area contributed by atoms with E-state index in [9.17, 15) is 0 Å². The van der Waals surface area contributed by atoms with Crippen molar-refractivity contribution in [3.05, 3.63) is 188 Å². The van der Waals surface area contributed by atoms with Crippen LogP contribution in [0.15, 0.2) is 188 Å². The predicted molar refractivity (Wildman–Crippen MR) is 246 cm³/mol. The second kappa shape index (κ2) is 11.3. The third-order valence-electron chi connectivity index (χ3n) is 12.8. The maximum absolute atomic E-state index is 5.25. The number of fused-ring (bicyclic) bond motifs is 16. The van der Waals surface area contributed by atoms with Crippen molar-refractivity contribution in [1.29, 1.82) is 0 Å². The lowest BCUT2D eigenvalue weighted by atomic mass is 9.99. The lowest BCUT2D eigenvalue weighted by molar-refractivity contribution is 0.977. The summed E-state index contributed by atoms with van der Waals surface area (Å²) < 4.78 is 7.21. The van der Waals surface area contributed by atoms with Crippen LogP contribution >= 0.6 is 0 Å². The Morgan fingerprint density at radius 1 is 0.322 bits per heavy atom. The van der Waals surface area contributed by atoms with Crippen LogP contribution in [0.4, 0.5) is 0 Å². The van der Waals surface area contributed by atoms with Crippen molar-refractivity contribution in [3.63, 3.8) is 0 Å². The molecule has 14 rings (SSSR count). The summed E-state index contributed by atoms with van der Waals surface area (Å²) in [5.74, 6) is 0.822. The third-order valence-corrected chi connectivity index (χ3v) is 12.8. The van der Waals surface area contributed by atoms with Gasteiger partial charge < -0.3 is 8.97 Å². The molecule has 272 valence electrons. The fraction of sp³-hybridized carbons (Fsp3) is 0. The molecule has 5 aromatic heterocycles. The SMILES string of the molecule is c1ccc(-n2c3ccccc3c3cc(-c4nnc(-n5c6ccc7ccccc7c6c6c7c8ccccc8n8c9ccccc9c(cc65)c78)c5ccccc45)ccc32)cc1. The molecule has 14 aromatic rings. The van der Waals surface area contributed by atoms with Gasteiger partial charge in [0.15, 0.2) is 5.82 Å². The molecule has 59 heavy (non-hydrogen) atoms. The summed E-state index contributed by atoms with van der Waals surface area (Å²) in [6.07, 6.45) is 0. The Labute approximate surface area is 336 Å². The zero-order valence-corrected chi connectivity index (χ0v) is 31.6. The van der Waals surface area contributed by atoms with Crippen LogP contribution in [-0.2, 0) is 0 Å². The summed E-state index contributed by atoms with van der Waals surface area (Å²) in [5.41, 5.74) is 11.3. The number of nitrogens with zero attached hydrogens (tertiary/aromatic N) is 5. The van der Waals surface area contributed by atoms with Crippen molar-refractivity contribution in [1.82, 2.24) is 23.7 Å². The van der Waals surface area contributed by atoms with E-state index >= 15 is 0 Å². The van der Waals surface area contributed by atoms with Gasteiger partial charge in [-0.3, -0.25) is 4.57 Å². The molecule has 0 aliphatic carbocycles. The van der Waals surface area contributed by atoms with Crippen molar-refractivity contribution in [2.45, 2.75) is 0 Å². The maximum Gasteiger partial charge on any atom is 0.168 e. The number of para-hydroxylation sites is 4. The second-order valence-corrected chi connectivity index (χ2v) is 15.8. The molecule has 0 aliphatic rings. The molecule has 0 N–H and O–H groups in total. The van der Waals surface area contributed by atoms with Gasteiger partial charge in [-0.1, -0.05) is 133 Å². The molecular formula is C54H31N5. The molecule has 9 aromatic carbocycles. The van der Waals surface area contributed by atoms with Crippen LogP contribution in [0.3, 0.4) is 0 Å². The van der Waals surface area contributed by atoms with Gasteiger partial charge in [-0.25, -0.2) is 0 Å². The Hall–Kier alpha value is -8.02. The van der Waals surface area contributed by atoms with Gasteiger partial charge in [-0.2, -0.15) is 0 Å². The highest BCUT2D eigenvalue weighted by Crippen LogP contribution is 2.48. The van der Waals surface area contributed by atoms with E-state index in [1.54, 1.807) is 0 Å². The van der Waals surface area contributed by atoms with E-state index in [0.29, 0.717) is 0 Å². The average molecular weight is 750 g/mol. The van der Waals surface area contributed by atoms with Crippen molar-refractivity contribution >= 4 is 103 Å². The molecule has 5 heterocycles. The summed E-state index contributed by atoms with van der Waals surface area (Å²) in [5, 5.41) is 24.9. The van der Waals surface area contributed by atoms with Crippen LogP contribution in [0, 0.1) is 0 Å². The van der Waals surface area contributed by atoms with Crippen molar-refractivity contribution in [2.75, 3.05) is 0 Å². The second-order valence-electron chi connectivity index (χ2n) is 15.8. The van der Waals surface area contributed by atoms with Gasteiger partial charge >= 0.3 is 0 Å². The summed E-state index contributed by atoms with van der Waals surface area (Å²) in [4.78, 5) is 0. The minimum Gasteiger partial charge on any atom is -0.309 e. The van der Waals surface area contributed by atoms with E-state index in [0.717, 1.165) is 50.1 Å². The Morgan fingerprint density at radius 3 is 1.75 bits per heavy atom. The minimum absolute atomic E-state index is 0.822. The van der Waals surface area contributed by atoms with Gasteiger partial charge in [-0.15, -0.1) is 10.2 Å². The highest BCUT2D eigenvalue weighted by molar-refractivity contribution is 6.38. The van der Waals surface area contributed by atoms with Crippen molar-refractivity contribution in [3.8, 4) is 22.8 Å². The molecule has 0 saturated heterocycles. The molecule has 0 radical (unpaired) electrons. The van der Waals surface area contributed by atoms with Gasteiger partial charge in [0, 0.05) is 65.1 Å². The highest BCUT2D eigenvalue weighted by Gasteiger charge is 2.26. The van der Waals surface area contributed by atoms with E-state index in [-0.39, 0.29) is 0 Å². The third kappa shape index (κ3) is 3.98. The summed E-state index contributed by atoms with van der Waals surface area (Å²) in [6.45, 7) is 0. The monoisotopic (exact) mass is 749 g/mol. The van der Waals surface area contributed by atoms with Gasteiger partial charge in [0.1, 0.15) is 5.69 Å². The van der Waals surface area contributed by atoms with Crippen molar-refractivity contribution in [2.24, 2.45) is 0 Å². The van der Waals surface area contributed by atoms with E-state index in [2.05, 4.69) is 202 Å². The number of rotatable bonds is 3. The largest absolute Gasteiger partial charge is 0.309 e. The first-order chi connectivity index (χ1) is 29.3. The first kappa shape index (κ1) is 31.1. The number of benzene rings is 9. The summed E-state index contributed by atoms with van der Waals surface area (Å²) in [7, 11) is 0. The van der Waals surface area contributed by atoms with Gasteiger partial charge in [0.25, 0.3) is 0 Å². The molecule has 0 bridgehead atoms. The van der Waals surface area contributed by atoms with Crippen LogP contribution in [0.2, 0.25) is 0 Å². The molecule has 0 unspecified atom stereocenters. The van der Waals surface area contributed by atoms with E-state index in [1.807, 2.05) is 0 Å². The lowest BCUT2D eigenvalue weighted by Crippen LogP contribution is -2.02. The Morgan fingerprint density at radius 2 is 0.932 bits per heavy atom. The lowest BCUT2D eigenvalue weighted by Gasteiger charge is -2.13. The minimum atomic E-state index is 0.822. The normalized spacial score (nSPS) is 12.4. The fourth-order valence-corrected chi connectivity index (χ4v) is 10.4. The first-order valence-electron chi connectivity index (χ1n) is 20.2. The van der Waals surface area contributed by atoms with E-state index in [1.165, 1.54) is 75.9 Å². The van der Waals surface area contributed by atoms with Gasteiger partial charge in [0.05, 0.1) is 38.6 Å². The maximum atomic E-state index is 5.25. The van der Waals surface area contributed by atoms with Crippen LogP contribution in [0.1, 0.15) is 0 Å². The Balaban J connectivity index is 1.10. The first-order valence-corrected chi connectivity index (χ1v) is 20.2. The Bertz CT molecular complexity index is 4070. The van der Waals surface area contributed by atoms with Crippen LogP contribution in [0.5, 0.6) is 0 Å². The molecule has 0 fully saturated rings. The zero-order valence-electron chi connectivity index (χ0n) is 31.6. The van der Waals surface area contributed by atoms with Crippen LogP contribution < -0.4 is 0 Å². The predicted octanol–water partition coefficient (Wildman–Crippen LogP) is 13.8. The van der Waals surface area contributed by atoms with Crippen LogP contribution in [-0.4, -0.2) is 23.7 Å². The van der Waals surface area contributed by atoms with Gasteiger partial charge in [0.2, 0.25) is 0 Å². The summed E-state index contributed by atoms with van der Waals surface area (Å²) >= 11 is 0. The zero-order chi connectivity index (χ0) is 38.3. The molecule has 0 amide bonds. The topological polar surface area (TPSA) is 40.0 Å². The molecule has 0 atom stereocenters. The summed E-state index contributed by atoms with van der Waals surface area (Å²) in [6, 6.07) is 68.1. The molecule has 5 heteroatoms. The molecule has 5 nitrogen and oxygen atoms in total. The number of aromatic nitrogens is 5. The Kier molecular flexibility index (Phi) is 5.96. The molecule has 0 aliphatic heterocycles. The van der Waals surface area contributed by atoms with E-state index in [4.69, 9.17) is 10.2 Å². The smallest absolute Gasteiger partial charge is 0.168 e. The number of hydrogen-bond donors (Lipinski definition) is 0. The molecule has 0 saturated carbocycles. The molecular weight excluding hydrogens is 719 g/mol. The van der Waals surface area contributed by atoms with Crippen LogP contribution in [0.25, 0.3) is 126 Å². The fourth-order valence-electron chi connectivity index (χ4n) is 10.4. The average Bonchev–Trinajstić information content (AvgIpc) is 4.03. The standard InChI is InChI=1S/C54H31N5/c1-2-15-34(16-3-1)57-43-23-11-8-18-36(43)41-30-33(27-28-46(41)57)52-38-20-6-7-21-39(38)54(56-55-52)59-47-29-26-32-14-4-5-17-35(32)49(47)51-48(59)31-42-37-19-9-12-24-44(37)58-45-25-13-10-22-40(45)50(51)53(42)58/h1-31H. The van der Waals surface area contributed by atoms with Gasteiger partial charge in [-0.05, 0) is 65.4 Å².